The fraction of sp³-hybridized carbons (Fsp3) is 0.600. The summed E-state index contributed by atoms with van der Waals surface area (Å²) in [5.41, 5.74) is 0.831. The average Bonchev–Trinajstić information content (AvgIpc) is 3.20. The summed E-state index contributed by atoms with van der Waals surface area (Å²) in [5.74, 6) is 0.0910. The van der Waals surface area contributed by atoms with E-state index in [2.05, 4.69) is 5.32 Å². The molecule has 21 heavy (non-hydrogen) atoms. The Kier molecular flexibility index (Phi) is 4.94. The van der Waals surface area contributed by atoms with Crippen molar-refractivity contribution in [2.45, 2.75) is 39.5 Å². The van der Waals surface area contributed by atoms with E-state index in [4.69, 9.17) is 16.3 Å². The van der Waals surface area contributed by atoms with Crippen LogP contribution in [0.2, 0.25) is 0 Å². The molecule has 0 aromatic carbocycles. The Balaban J connectivity index is 2.27. The molecule has 1 fully saturated rings. The van der Waals surface area contributed by atoms with E-state index in [1.165, 1.54) is 11.3 Å². The van der Waals surface area contributed by atoms with E-state index in [1.807, 2.05) is 5.38 Å². The first-order valence-electron chi connectivity index (χ1n) is 7.06. The molecule has 0 unspecified atom stereocenters. The highest BCUT2D eigenvalue weighted by atomic mass is 35.5. The number of anilines is 1. The summed E-state index contributed by atoms with van der Waals surface area (Å²) in [6.07, 6.45) is 2.17. The van der Waals surface area contributed by atoms with E-state index in [0.29, 0.717) is 23.1 Å². The summed E-state index contributed by atoms with van der Waals surface area (Å²) in [5, 5.41) is 5.36. The van der Waals surface area contributed by atoms with Crippen molar-refractivity contribution in [1.82, 2.24) is 0 Å². The van der Waals surface area contributed by atoms with Crippen molar-refractivity contribution >= 4 is 39.8 Å². The number of carbonyl (C=O) groups is 2. The van der Waals surface area contributed by atoms with E-state index in [1.54, 1.807) is 20.8 Å². The minimum absolute atomic E-state index is 0.188. The van der Waals surface area contributed by atoms with Crippen LogP contribution in [0.4, 0.5) is 5.00 Å². The molecular weight excluding hydrogens is 310 g/mol. The number of esters is 1. The molecule has 0 aliphatic heterocycles. The lowest BCUT2D eigenvalue weighted by molar-refractivity contribution is -0.122. The molecule has 0 atom stereocenters. The first-order valence-corrected chi connectivity index (χ1v) is 8.48. The van der Waals surface area contributed by atoms with Crippen LogP contribution in [-0.2, 0) is 9.53 Å². The molecule has 0 radical (unpaired) electrons. The Labute approximate surface area is 133 Å². The standard InChI is InChI=1S/C15H20ClNO3S/c1-4-20-13(18)11-10(9-5-6-9)7-21-12(11)17-14(19)15(2,3)8-16/h7,9H,4-6,8H2,1-3H3,(H,17,19). The van der Waals surface area contributed by atoms with Crippen LogP contribution in [0.15, 0.2) is 5.38 Å². The summed E-state index contributed by atoms with van der Waals surface area (Å²) in [4.78, 5) is 24.4. The highest BCUT2D eigenvalue weighted by molar-refractivity contribution is 7.15. The van der Waals surface area contributed by atoms with E-state index in [-0.39, 0.29) is 17.8 Å². The number of hydrogen-bond donors (Lipinski definition) is 1. The van der Waals surface area contributed by atoms with Gasteiger partial charge in [-0.1, -0.05) is 0 Å². The Morgan fingerprint density at radius 1 is 1.48 bits per heavy atom. The fourth-order valence-corrected chi connectivity index (χ4v) is 3.05. The molecule has 1 aromatic rings. The van der Waals surface area contributed by atoms with Crippen molar-refractivity contribution in [3.8, 4) is 0 Å². The van der Waals surface area contributed by atoms with E-state index in [9.17, 15) is 9.59 Å². The van der Waals surface area contributed by atoms with E-state index in [0.717, 1.165) is 18.4 Å². The Morgan fingerprint density at radius 3 is 2.67 bits per heavy atom. The zero-order valence-corrected chi connectivity index (χ0v) is 14.1. The number of hydrogen-bond acceptors (Lipinski definition) is 4. The van der Waals surface area contributed by atoms with Gasteiger partial charge in [-0.05, 0) is 50.5 Å². The van der Waals surface area contributed by atoms with Gasteiger partial charge < -0.3 is 10.1 Å². The monoisotopic (exact) mass is 329 g/mol. The second-order valence-electron chi connectivity index (χ2n) is 5.86. The van der Waals surface area contributed by atoms with Gasteiger partial charge in [-0.2, -0.15) is 0 Å². The lowest BCUT2D eigenvalue weighted by Gasteiger charge is -2.20. The second-order valence-corrected chi connectivity index (χ2v) is 7.01. The molecule has 1 saturated carbocycles. The second kappa shape index (κ2) is 6.36. The Hall–Kier alpha value is -1.07. The molecule has 1 heterocycles. The van der Waals surface area contributed by atoms with Gasteiger partial charge in [0.25, 0.3) is 0 Å². The van der Waals surface area contributed by atoms with Gasteiger partial charge in [-0.25, -0.2) is 4.79 Å². The number of ether oxygens (including phenoxy) is 1. The summed E-state index contributed by atoms with van der Waals surface area (Å²) in [6.45, 7) is 5.64. The predicted molar refractivity (Wildman–Crippen MR) is 85.4 cm³/mol. The van der Waals surface area contributed by atoms with Crippen molar-refractivity contribution in [2.24, 2.45) is 5.41 Å². The molecular formula is C15H20ClNO3S. The summed E-state index contributed by atoms with van der Waals surface area (Å²) in [6, 6.07) is 0. The number of rotatable bonds is 6. The minimum Gasteiger partial charge on any atom is -0.462 e. The number of halogens is 1. The molecule has 1 N–H and O–H groups in total. The SMILES string of the molecule is CCOC(=O)c1c(C2CC2)csc1NC(=O)C(C)(C)CCl. The lowest BCUT2D eigenvalue weighted by Crippen LogP contribution is -2.32. The minimum atomic E-state index is -0.683. The largest absolute Gasteiger partial charge is 0.462 e. The van der Waals surface area contributed by atoms with Gasteiger partial charge in [-0.3, -0.25) is 4.79 Å². The molecule has 2 rings (SSSR count). The molecule has 1 amide bonds. The maximum Gasteiger partial charge on any atom is 0.341 e. The zero-order chi connectivity index (χ0) is 15.6. The average molecular weight is 330 g/mol. The number of alkyl halides is 1. The third kappa shape index (κ3) is 3.58. The fourth-order valence-electron chi connectivity index (χ4n) is 1.90. The van der Waals surface area contributed by atoms with E-state index >= 15 is 0 Å². The van der Waals surface area contributed by atoms with Gasteiger partial charge >= 0.3 is 5.97 Å². The topological polar surface area (TPSA) is 55.4 Å². The normalized spacial score (nSPS) is 14.9. The van der Waals surface area contributed by atoms with E-state index < -0.39 is 5.41 Å². The molecule has 1 aromatic heterocycles. The van der Waals surface area contributed by atoms with Crippen LogP contribution >= 0.6 is 22.9 Å². The predicted octanol–water partition coefficient (Wildman–Crippen LogP) is 4.01. The maximum absolute atomic E-state index is 12.3. The number of nitrogens with one attached hydrogen (secondary N) is 1. The van der Waals surface area contributed by atoms with Crippen molar-refractivity contribution in [3.63, 3.8) is 0 Å². The van der Waals surface area contributed by atoms with Gasteiger partial charge in [-0.15, -0.1) is 22.9 Å². The number of amides is 1. The molecule has 6 heteroatoms. The van der Waals surface area contributed by atoms with Crippen LogP contribution in [-0.4, -0.2) is 24.4 Å². The van der Waals surface area contributed by atoms with Crippen LogP contribution in [0.1, 0.15) is 55.5 Å². The Morgan fingerprint density at radius 2 is 2.14 bits per heavy atom. The Bertz CT molecular complexity index is 549. The van der Waals surface area contributed by atoms with Gasteiger partial charge in [0.15, 0.2) is 0 Å². The molecule has 116 valence electrons. The third-order valence-electron chi connectivity index (χ3n) is 3.49. The quantitative estimate of drug-likeness (QED) is 0.634. The van der Waals surface area contributed by atoms with Crippen LogP contribution in [0.5, 0.6) is 0 Å². The van der Waals surface area contributed by atoms with Crippen LogP contribution < -0.4 is 5.32 Å². The van der Waals surface area contributed by atoms with Crippen molar-refractivity contribution in [2.75, 3.05) is 17.8 Å². The smallest absolute Gasteiger partial charge is 0.341 e. The lowest BCUT2D eigenvalue weighted by atomic mass is 9.95. The summed E-state index contributed by atoms with van der Waals surface area (Å²) in [7, 11) is 0. The van der Waals surface area contributed by atoms with Crippen LogP contribution in [0.3, 0.4) is 0 Å². The first kappa shape index (κ1) is 16.3. The maximum atomic E-state index is 12.3. The highest BCUT2D eigenvalue weighted by Crippen LogP contribution is 2.46. The highest BCUT2D eigenvalue weighted by Gasteiger charge is 2.34. The van der Waals surface area contributed by atoms with Crippen molar-refractivity contribution in [3.05, 3.63) is 16.5 Å². The van der Waals surface area contributed by atoms with Gasteiger partial charge in [0.2, 0.25) is 5.91 Å². The molecule has 0 saturated heterocycles. The van der Waals surface area contributed by atoms with Gasteiger partial charge in [0, 0.05) is 5.88 Å². The van der Waals surface area contributed by atoms with Gasteiger partial charge in [0.1, 0.15) is 5.00 Å². The van der Waals surface area contributed by atoms with Crippen LogP contribution in [0, 0.1) is 5.41 Å². The first-order chi connectivity index (χ1) is 9.90. The molecule has 1 aliphatic rings. The van der Waals surface area contributed by atoms with Crippen molar-refractivity contribution in [1.29, 1.82) is 0 Å². The third-order valence-corrected chi connectivity index (χ3v) is 5.07. The summed E-state index contributed by atoms with van der Waals surface area (Å²) >= 11 is 7.20. The van der Waals surface area contributed by atoms with Crippen LogP contribution in [0.25, 0.3) is 0 Å². The molecule has 0 bridgehead atoms. The molecule has 4 nitrogen and oxygen atoms in total. The molecule has 0 spiro atoms. The number of carbonyl (C=O) groups excluding carboxylic acids is 2. The summed E-state index contributed by atoms with van der Waals surface area (Å²) < 4.78 is 5.13. The van der Waals surface area contributed by atoms with Gasteiger partial charge in [0.05, 0.1) is 17.6 Å². The number of thiophene rings is 1. The van der Waals surface area contributed by atoms with Crippen molar-refractivity contribution < 1.29 is 14.3 Å². The molecule has 1 aliphatic carbocycles. The zero-order valence-electron chi connectivity index (χ0n) is 12.5.